The largest absolute Gasteiger partial charge is 0.309 e. The molecule has 0 bridgehead atoms. The molecule has 0 fully saturated rings. The lowest BCUT2D eigenvalue weighted by Crippen LogP contribution is -2.02. The molecule has 0 aliphatic heterocycles. The van der Waals surface area contributed by atoms with E-state index in [4.69, 9.17) is 9.97 Å². The first-order chi connectivity index (χ1) is 33.2. The molecular formula is C60H39N7. The summed E-state index contributed by atoms with van der Waals surface area (Å²) in [6, 6.07) is 75.1. The minimum absolute atomic E-state index is 0.654. The average Bonchev–Trinajstić information content (AvgIpc) is 4.10. The molecule has 13 rings (SSSR count). The molecule has 6 aromatic heterocycles. The van der Waals surface area contributed by atoms with Gasteiger partial charge in [-0.05, 0) is 97.1 Å². The molecule has 0 amide bonds. The van der Waals surface area contributed by atoms with Crippen LogP contribution in [0.25, 0.3) is 117 Å². The summed E-state index contributed by atoms with van der Waals surface area (Å²) >= 11 is 0. The highest BCUT2D eigenvalue weighted by atomic mass is 15.0. The zero-order valence-electron chi connectivity index (χ0n) is 36.1. The monoisotopic (exact) mass is 857 g/mol. The van der Waals surface area contributed by atoms with Gasteiger partial charge in [0.15, 0.2) is 5.82 Å². The van der Waals surface area contributed by atoms with Crippen molar-refractivity contribution in [2.24, 2.45) is 0 Å². The summed E-state index contributed by atoms with van der Waals surface area (Å²) < 4.78 is 7.06. The second-order valence-corrected chi connectivity index (χ2v) is 16.8. The SMILES string of the molecule is c1ccc(-c2nc(-c3ccc(-n4c(-c5cccnc5)ccc4-c4cccnc4)cc3)cc(-c3cc(-n4c5ccccc5c5ccccc54)cc(-n4c5ccccc5c5ccccc54)c3)n2)cc1. The van der Waals surface area contributed by atoms with E-state index in [9.17, 15) is 0 Å². The first-order valence-electron chi connectivity index (χ1n) is 22.4. The van der Waals surface area contributed by atoms with Gasteiger partial charge in [-0.25, -0.2) is 9.97 Å². The molecule has 67 heavy (non-hydrogen) atoms. The van der Waals surface area contributed by atoms with Crippen LogP contribution in [-0.4, -0.2) is 33.6 Å². The first kappa shape index (κ1) is 38.3. The zero-order valence-corrected chi connectivity index (χ0v) is 36.1. The van der Waals surface area contributed by atoms with E-state index in [1.54, 1.807) is 12.4 Å². The number of para-hydroxylation sites is 4. The van der Waals surface area contributed by atoms with Crippen LogP contribution in [0.2, 0.25) is 0 Å². The van der Waals surface area contributed by atoms with Crippen molar-refractivity contribution in [3.63, 3.8) is 0 Å². The maximum atomic E-state index is 5.40. The Morgan fingerprint density at radius 1 is 0.284 bits per heavy atom. The number of fused-ring (bicyclic) bond motifs is 6. The van der Waals surface area contributed by atoms with Gasteiger partial charge >= 0.3 is 0 Å². The number of benzene rings is 7. The summed E-state index contributed by atoms with van der Waals surface area (Å²) in [5.41, 5.74) is 16.3. The number of nitrogens with zero attached hydrogens (tertiary/aromatic N) is 7. The van der Waals surface area contributed by atoms with Gasteiger partial charge in [0.05, 0.1) is 44.8 Å². The summed E-state index contributed by atoms with van der Waals surface area (Å²) in [5, 5.41) is 4.84. The van der Waals surface area contributed by atoms with E-state index in [1.807, 2.05) is 42.7 Å². The van der Waals surface area contributed by atoms with Gasteiger partial charge in [-0.2, -0.15) is 0 Å². The van der Waals surface area contributed by atoms with E-state index in [1.165, 1.54) is 21.5 Å². The minimum atomic E-state index is 0.654. The lowest BCUT2D eigenvalue weighted by Gasteiger charge is -2.17. The van der Waals surface area contributed by atoms with Crippen molar-refractivity contribution in [2.45, 2.75) is 0 Å². The molecule has 13 aromatic rings. The summed E-state index contributed by atoms with van der Waals surface area (Å²) in [6.07, 6.45) is 7.42. The number of hydrogen-bond donors (Lipinski definition) is 0. The average molecular weight is 858 g/mol. The fourth-order valence-corrected chi connectivity index (χ4v) is 9.84. The number of pyridine rings is 2. The fourth-order valence-electron chi connectivity index (χ4n) is 9.84. The predicted octanol–water partition coefficient (Wildman–Crippen LogP) is 14.6. The Labute approximate surface area is 386 Å². The Balaban J connectivity index is 1.03. The molecule has 0 saturated carbocycles. The van der Waals surface area contributed by atoms with Crippen molar-refractivity contribution in [1.29, 1.82) is 0 Å². The van der Waals surface area contributed by atoms with Gasteiger partial charge in [-0.1, -0.05) is 115 Å². The molecule has 7 aromatic carbocycles. The van der Waals surface area contributed by atoms with Crippen molar-refractivity contribution < 1.29 is 0 Å². The van der Waals surface area contributed by atoms with Gasteiger partial charge in [0, 0.05) is 91.2 Å². The van der Waals surface area contributed by atoms with Crippen LogP contribution in [0.4, 0.5) is 0 Å². The van der Waals surface area contributed by atoms with Crippen LogP contribution in [0.3, 0.4) is 0 Å². The normalized spacial score (nSPS) is 11.6. The molecule has 0 spiro atoms. The van der Waals surface area contributed by atoms with Gasteiger partial charge in [0.25, 0.3) is 0 Å². The van der Waals surface area contributed by atoms with Crippen LogP contribution in [0, 0.1) is 0 Å². The molecule has 0 atom stereocenters. The van der Waals surface area contributed by atoms with Gasteiger partial charge < -0.3 is 13.7 Å². The van der Waals surface area contributed by atoms with Crippen LogP contribution in [0.5, 0.6) is 0 Å². The van der Waals surface area contributed by atoms with E-state index >= 15 is 0 Å². The van der Waals surface area contributed by atoms with E-state index in [2.05, 4.69) is 206 Å². The van der Waals surface area contributed by atoms with E-state index in [-0.39, 0.29) is 0 Å². The molecular weight excluding hydrogens is 819 g/mol. The van der Waals surface area contributed by atoms with Crippen molar-refractivity contribution in [3.8, 4) is 73.5 Å². The van der Waals surface area contributed by atoms with Crippen molar-refractivity contribution >= 4 is 43.6 Å². The van der Waals surface area contributed by atoms with E-state index < -0.39 is 0 Å². The van der Waals surface area contributed by atoms with Crippen LogP contribution < -0.4 is 0 Å². The third-order valence-electron chi connectivity index (χ3n) is 12.8. The summed E-state index contributed by atoms with van der Waals surface area (Å²) in [7, 11) is 0. The van der Waals surface area contributed by atoms with Crippen molar-refractivity contribution in [3.05, 3.63) is 237 Å². The van der Waals surface area contributed by atoms with Gasteiger partial charge in [0.2, 0.25) is 0 Å². The molecule has 0 radical (unpaired) electrons. The second kappa shape index (κ2) is 15.8. The lowest BCUT2D eigenvalue weighted by molar-refractivity contribution is 1.09. The maximum absolute atomic E-state index is 5.40. The predicted molar refractivity (Wildman–Crippen MR) is 273 cm³/mol. The van der Waals surface area contributed by atoms with E-state index in [0.717, 1.165) is 89.7 Å². The standard InChI is InChI=1S/C60H39N7/c1-2-14-41(15-3-1)60-63-52(40-26-28-45(29-27-40)65-54(42-16-12-32-61-38-42)30-31-55(65)43-17-13-33-62-39-43)37-53(64-60)44-34-46(66-56-22-8-4-18-48(56)49-19-5-9-23-57(49)66)36-47(35-44)67-58-24-10-6-20-50(58)51-21-7-11-25-59(51)67/h1-39H. The number of aromatic nitrogens is 7. The summed E-state index contributed by atoms with van der Waals surface area (Å²) in [5.74, 6) is 0.654. The van der Waals surface area contributed by atoms with Crippen molar-refractivity contribution in [2.75, 3.05) is 0 Å². The van der Waals surface area contributed by atoms with Gasteiger partial charge in [0.1, 0.15) is 0 Å². The van der Waals surface area contributed by atoms with Crippen LogP contribution in [0.15, 0.2) is 237 Å². The second-order valence-electron chi connectivity index (χ2n) is 16.8. The Morgan fingerprint density at radius 3 is 1.18 bits per heavy atom. The van der Waals surface area contributed by atoms with Gasteiger partial charge in [-0.15, -0.1) is 0 Å². The smallest absolute Gasteiger partial charge is 0.160 e. The van der Waals surface area contributed by atoms with Crippen molar-refractivity contribution in [1.82, 2.24) is 33.6 Å². The highest BCUT2D eigenvalue weighted by Gasteiger charge is 2.20. The third-order valence-corrected chi connectivity index (χ3v) is 12.8. The Hall–Kier alpha value is -9.20. The molecule has 0 aliphatic carbocycles. The Bertz CT molecular complexity index is 3670. The molecule has 0 unspecified atom stereocenters. The molecule has 0 aliphatic rings. The number of rotatable bonds is 8. The molecule has 7 nitrogen and oxygen atoms in total. The van der Waals surface area contributed by atoms with Gasteiger partial charge in [-0.3, -0.25) is 9.97 Å². The van der Waals surface area contributed by atoms with Crippen LogP contribution in [0.1, 0.15) is 0 Å². The summed E-state index contributed by atoms with van der Waals surface area (Å²) in [6.45, 7) is 0. The Kier molecular flexibility index (Phi) is 9.03. The lowest BCUT2D eigenvalue weighted by atomic mass is 10.0. The zero-order chi connectivity index (χ0) is 44.3. The number of hydrogen-bond acceptors (Lipinski definition) is 4. The third kappa shape index (κ3) is 6.52. The van der Waals surface area contributed by atoms with Crippen LogP contribution in [-0.2, 0) is 0 Å². The van der Waals surface area contributed by atoms with Crippen LogP contribution >= 0.6 is 0 Å². The fraction of sp³-hybridized carbons (Fsp3) is 0. The maximum Gasteiger partial charge on any atom is 0.160 e. The molecule has 0 N–H and O–H groups in total. The molecule has 0 saturated heterocycles. The highest BCUT2D eigenvalue weighted by molar-refractivity contribution is 6.10. The Morgan fingerprint density at radius 2 is 0.716 bits per heavy atom. The molecule has 6 heterocycles. The highest BCUT2D eigenvalue weighted by Crippen LogP contribution is 2.39. The molecule has 314 valence electrons. The quantitative estimate of drug-likeness (QED) is 0.153. The summed E-state index contributed by atoms with van der Waals surface area (Å²) in [4.78, 5) is 19.6. The topological polar surface area (TPSA) is 66.3 Å². The first-order valence-corrected chi connectivity index (χ1v) is 22.4. The minimum Gasteiger partial charge on any atom is -0.309 e. The van der Waals surface area contributed by atoms with E-state index in [0.29, 0.717) is 5.82 Å². The molecule has 7 heteroatoms.